The van der Waals surface area contributed by atoms with E-state index in [1.165, 1.54) is 12.8 Å². The predicted molar refractivity (Wildman–Crippen MR) is 102 cm³/mol. The summed E-state index contributed by atoms with van der Waals surface area (Å²) in [6.07, 6.45) is 2.53. The fourth-order valence-corrected chi connectivity index (χ4v) is 2.46. The van der Waals surface area contributed by atoms with Gasteiger partial charge in [-0.25, -0.2) is 4.99 Å². The summed E-state index contributed by atoms with van der Waals surface area (Å²) in [5.41, 5.74) is 0. The van der Waals surface area contributed by atoms with Gasteiger partial charge in [0, 0.05) is 24.1 Å². The van der Waals surface area contributed by atoms with Crippen molar-refractivity contribution in [3.8, 4) is 5.75 Å². The number of hydrogen-bond acceptors (Lipinski definition) is 2. The lowest BCUT2D eigenvalue weighted by molar-refractivity contribution is 0.327. The lowest BCUT2D eigenvalue weighted by Gasteiger charge is -2.20. The lowest BCUT2D eigenvalue weighted by atomic mass is 10.3. The van der Waals surface area contributed by atoms with Crippen molar-refractivity contribution < 1.29 is 4.74 Å². The number of halogens is 2. The molecular weight excluding hydrogens is 445 g/mol. The number of hydrogen-bond donors (Lipinski definition) is 1. The van der Waals surface area contributed by atoms with Crippen molar-refractivity contribution in [3.63, 3.8) is 0 Å². The summed E-state index contributed by atoms with van der Waals surface area (Å²) in [5, 5.41) is 3.34. The van der Waals surface area contributed by atoms with Crippen molar-refractivity contribution in [3.05, 3.63) is 28.7 Å². The van der Waals surface area contributed by atoms with Crippen LogP contribution in [0.4, 0.5) is 0 Å². The van der Waals surface area contributed by atoms with Gasteiger partial charge in [0.15, 0.2) is 5.96 Å². The van der Waals surface area contributed by atoms with E-state index in [9.17, 15) is 0 Å². The molecule has 1 aliphatic rings. The van der Waals surface area contributed by atoms with E-state index in [2.05, 4.69) is 38.1 Å². The van der Waals surface area contributed by atoms with Crippen LogP contribution in [0.15, 0.2) is 33.7 Å². The number of ether oxygens (including phenoxy) is 1. The number of guanidine groups is 1. The molecule has 118 valence electrons. The molecule has 0 aliphatic carbocycles. The summed E-state index contributed by atoms with van der Waals surface area (Å²) in [6, 6.07) is 7.87. The van der Waals surface area contributed by atoms with Crippen LogP contribution < -0.4 is 10.1 Å². The van der Waals surface area contributed by atoms with E-state index in [1.54, 1.807) is 0 Å². The maximum absolute atomic E-state index is 5.68. The average molecular weight is 468 g/mol. The molecule has 0 atom stereocenters. The monoisotopic (exact) mass is 467 g/mol. The first kappa shape index (κ1) is 18.5. The standard InChI is InChI=1S/C15H22BrN3O.HI/c1-2-17-15(19-10-3-4-11-19)18-9-12-20-14-7-5-13(16)6-8-14;/h5-8H,2-4,9-12H2,1H3,(H,17,18);1H. The van der Waals surface area contributed by atoms with Crippen molar-refractivity contribution in [2.24, 2.45) is 4.99 Å². The lowest BCUT2D eigenvalue weighted by Crippen LogP contribution is -2.39. The third-order valence-electron chi connectivity index (χ3n) is 3.18. The second kappa shape index (κ2) is 10.3. The van der Waals surface area contributed by atoms with Gasteiger partial charge < -0.3 is 15.0 Å². The summed E-state index contributed by atoms with van der Waals surface area (Å²) in [5.74, 6) is 1.90. The van der Waals surface area contributed by atoms with E-state index >= 15 is 0 Å². The molecule has 1 heterocycles. The summed E-state index contributed by atoms with van der Waals surface area (Å²) in [6.45, 7) is 6.50. The molecule has 0 unspecified atom stereocenters. The Bertz CT molecular complexity index is 433. The van der Waals surface area contributed by atoms with Gasteiger partial charge in [-0.05, 0) is 44.0 Å². The molecule has 1 fully saturated rings. The Hall–Kier alpha value is -0.500. The van der Waals surface area contributed by atoms with Crippen molar-refractivity contribution in [1.29, 1.82) is 0 Å². The van der Waals surface area contributed by atoms with Gasteiger partial charge in [0.25, 0.3) is 0 Å². The Kier molecular flexibility index (Phi) is 9.07. The molecule has 4 nitrogen and oxygen atoms in total. The zero-order valence-corrected chi connectivity index (χ0v) is 16.3. The molecule has 6 heteroatoms. The Morgan fingerprint density at radius 3 is 2.57 bits per heavy atom. The molecule has 1 aromatic rings. The largest absolute Gasteiger partial charge is 0.492 e. The highest BCUT2D eigenvalue weighted by atomic mass is 127. The van der Waals surface area contributed by atoms with Gasteiger partial charge in [-0.2, -0.15) is 0 Å². The van der Waals surface area contributed by atoms with Crippen LogP contribution in [0.1, 0.15) is 19.8 Å². The number of benzene rings is 1. The third-order valence-corrected chi connectivity index (χ3v) is 3.70. The van der Waals surface area contributed by atoms with Gasteiger partial charge in [0.05, 0.1) is 6.54 Å². The van der Waals surface area contributed by atoms with Crippen molar-refractivity contribution >= 4 is 45.9 Å². The molecule has 1 saturated heterocycles. The maximum atomic E-state index is 5.68. The van der Waals surface area contributed by atoms with Crippen LogP contribution in [0.25, 0.3) is 0 Å². The van der Waals surface area contributed by atoms with Crippen LogP contribution in [0, 0.1) is 0 Å². The Balaban J connectivity index is 0.00000220. The van der Waals surface area contributed by atoms with Gasteiger partial charge >= 0.3 is 0 Å². The molecule has 2 rings (SSSR count). The quantitative estimate of drug-likeness (QED) is 0.311. The third kappa shape index (κ3) is 6.42. The minimum Gasteiger partial charge on any atom is -0.492 e. The zero-order valence-electron chi connectivity index (χ0n) is 12.3. The van der Waals surface area contributed by atoms with Crippen LogP contribution in [0.2, 0.25) is 0 Å². The normalized spacial score (nSPS) is 14.8. The maximum Gasteiger partial charge on any atom is 0.194 e. The highest BCUT2D eigenvalue weighted by Crippen LogP contribution is 2.15. The predicted octanol–water partition coefficient (Wildman–Crippen LogP) is 3.51. The molecule has 0 radical (unpaired) electrons. The molecule has 1 aliphatic heterocycles. The van der Waals surface area contributed by atoms with E-state index in [0.29, 0.717) is 13.2 Å². The van der Waals surface area contributed by atoms with Crippen molar-refractivity contribution in [1.82, 2.24) is 10.2 Å². The van der Waals surface area contributed by atoms with Crippen LogP contribution in [0.3, 0.4) is 0 Å². The summed E-state index contributed by atoms with van der Waals surface area (Å²) >= 11 is 3.41. The van der Waals surface area contributed by atoms with Crippen molar-refractivity contribution in [2.45, 2.75) is 19.8 Å². The number of nitrogens with zero attached hydrogens (tertiary/aromatic N) is 2. The SMILES string of the molecule is CCNC(=NCCOc1ccc(Br)cc1)N1CCCC1.I. The van der Waals surface area contributed by atoms with Crippen molar-refractivity contribution in [2.75, 3.05) is 32.8 Å². The summed E-state index contributed by atoms with van der Waals surface area (Å²) in [4.78, 5) is 6.95. The molecule has 0 aromatic heterocycles. The zero-order chi connectivity index (χ0) is 14.2. The number of likely N-dealkylation sites (tertiary alicyclic amines) is 1. The molecule has 0 saturated carbocycles. The second-order valence-electron chi connectivity index (χ2n) is 4.73. The van der Waals surface area contributed by atoms with Crippen LogP contribution in [-0.2, 0) is 0 Å². The van der Waals surface area contributed by atoms with Crippen LogP contribution in [0.5, 0.6) is 5.75 Å². The van der Waals surface area contributed by atoms with Gasteiger partial charge in [-0.15, -0.1) is 24.0 Å². The molecule has 0 spiro atoms. The first-order chi connectivity index (χ1) is 9.79. The smallest absolute Gasteiger partial charge is 0.194 e. The molecule has 1 N–H and O–H groups in total. The van der Waals surface area contributed by atoms with Crippen LogP contribution >= 0.6 is 39.9 Å². The highest BCUT2D eigenvalue weighted by molar-refractivity contribution is 14.0. The topological polar surface area (TPSA) is 36.9 Å². The minimum atomic E-state index is 0. The number of aliphatic imine (C=N–C) groups is 1. The van der Waals surface area contributed by atoms with Gasteiger partial charge in [-0.3, -0.25) is 0 Å². The Labute approximate surface area is 152 Å². The van der Waals surface area contributed by atoms with Crippen LogP contribution in [-0.4, -0.2) is 43.6 Å². The number of nitrogens with one attached hydrogen (secondary N) is 1. The molecule has 0 bridgehead atoms. The molecular formula is C15H23BrIN3O. The molecule has 21 heavy (non-hydrogen) atoms. The first-order valence-corrected chi connectivity index (χ1v) is 8.00. The summed E-state index contributed by atoms with van der Waals surface area (Å²) < 4.78 is 6.74. The second-order valence-corrected chi connectivity index (χ2v) is 5.65. The Morgan fingerprint density at radius 1 is 1.29 bits per heavy atom. The van der Waals surface area contributed by atoms with Gasteiger partial charge in [0.2, 0.25) is 0 Å². The first-order valence-electron chi connectivity index (χ1n) is 7.21. The fraction of sp³-hybridized carbons (Fsp3) is 0.533. The van der Waals surface area contributed by atoms with Gasteiger partial charge in [-0.1, -0.05) is 15.9 Å². The fourth-order valence-electron chi connectivity index (χ4n) is 2.20. The Morgan fingerprint density at radius 2 is 1.95 bits per heavy atom. The molecule has 0 amide bonds. The minimum absolute atomic E-state index is 0. The van der Waals surface area contributed by atoms with E-state index < -0.39 is 0 Å². The van der Waals surface area contributed by atoms with E-state index in [1.807, 2.05) is 24.3 Å². The number of rotatable bonds is 5. The van der Waals surface area contributed by atoms with E-state index in [4.69, 9.17) is 4.74 Å². The van der Waals surface area contributed by atoms with Gasteiger partial charge in [0.1, 0.15) is 12.4 Å². The molecule has 1 aromatic carbocycles. The van der Waals surface area contributed by atoms with E-state index in [0.717, 1.165) is 35.8 Å². The van der Waals surface area contributed by atoms with E-state index in [-0.39, 0.29) is 24.0 Å². The highest BCUT2D eigenvalue weighted by Gasteiger charge is 2.14. The summed E-state index contributed by atoms with van der Waals surface area (Å²) in [7, 11) is 0. The average Bonchev–Trinajstić information content (AvgIpc) is 2.98.